The molecule has 0 radical (unpaired) electrons. The number of carbonyl (C=O) groups is 2. The van der Waals surface area contributed by atoms with Gasteiger partial charge in [-0.05, 0) is 42.5 Å². The molecule has 25 heavy (non-hydrogen) atoms. The van der Waals surface area contributed by atoms with Gasteiger partial charge in [-0.15, -0.1) is 0 Å². The Morgan fingerprint density at radius 3 is 2.68 bits per heavy atom. The number of rotatable bonds is 3. The first kappa shape index (κ1) is 15.0. The van der Waals surface area contributed by atoms with E-state index in [9.17, 15) is 9.59 Å². The van der Waals surface area contributed by atoms with Crippen LogP contribution in [0.4, 0.5) is 0 Å². The van der Waals surface area contributed by atoms with Gasteiger partial charge < -0.3 is 9.47 Å². The molecule has 1 aromatic carbocycles. The van der Waals surface area contributed by atoms with Crippen molar-refractivity contribution in [3.63, 3.8) is 0 Å². The molecule has 4 nitrogen and oxygen atoms in total. The molecule has 0 saturated heterocycles. The monoisotopic (exact) mass is 354 g/mol. The van der Waals surface area contributed by atoms with Gasteiger partial charge in [0.25, 0.3) is 0 Å². The zero-order chi connectivity index (χ0) is 17.4. The molecular formula is C20H15ClO4. The lowest BCUT2D eigenvalue weighted by molar-refractivity contribution is -0.149. The molecule has 1 fully saturated rings. The lowest BCUT2D eigenvalue weighted by Gasteiger charge is -2.37. The molecule has 0 aromatic heterocycles. The van der Waals surface area contributed by atoms with Crippen molar-refractivity contribution in [3.05, 3.63) is 70.3 Å². The summed E-state index contributed by atoms with van der Waals surface area (Å²) in [6.07, 6.45) is 7.98. The highest BCUT2D eigenvalue weighted by atomic mass is 35.5. The van der Waals surface area contributed by atoms with Crippen molar-refractivity contribution >= 4 is 23.5 Å². The van der Waals surface area contributed by atoms with Gasteiger partial charge in [0.2, 0.25) is 0 Å². The van der Waals surface area contributed by atoms with E-state index in [0.717, 1.165) is 5.56 Å². The molecule has 5 rings (SSSR count). The molecule has 0 bridgehead atoms. The van der Waals surface area contributed by atoms with E-state index in [1.54, 1.807) is 6.92 Å². The molecule has 4 aliphatic rings. The highest BCUT2D eigenvalue weighted by Gasteiger charge is 2.81. The summed E-state index contributed by atoms with van der Waals surface area (Å²) in [5.41, 5.74) is 0.382. The van der Waals surface area contributed by atoms with Crippen molar-refractivity contribution in [1.29, 1.82) is 0 Å². The second-order valence-electron chi connectivity index (χ2n) is 6.78. The van der Waals surface area contributed by atoms with E-state index in [0.29, 0.717) is 10.6 Å². The first-order valence-electron chi connectivity index (χ1n) is 8.35. The molecule has 4 atom stereocenters. The van der Waals surface area contributed by atoms with Gasteiger partial charge in [0.05, 0.1) is 12.0 Å². The van der Waals surface area contributed by atoms with E-state index >= 15 is 0 Å². The van der Waals surface area contributed by atoms with Gasteiger partial charge in [0.1, 0.15) is 0 Å². The van der Waals surface area contributed by atoms with Crippen molar-refractivity contribution in [2.75, 3.05) is 6.61 Å². The predicted molar refractivity (Wildman–Crippen MR) is 90.9 cm³/mol. The minimum absolute atomic E-state index is 0.0158. The summed E-state index contributed by atoms with van der Waals surface area (Å²) in [6.45, 7) is 1.93. The van der Waals surface area contributed by atoms with E-state index in [4.69, 9.17) is 21.1 Å². The molecule has 1 spiro atoms. The minimum Gasteiger partial charge on any atom is -0.462 e. The fourth-order valence-electron chi connectivity index (χ4n) is 4.97. The summed E-state index contributed by atoms with van der Waals surface area (Å²) < 4.78 is 11.0. The quantitative estimate of drug-likeness (QED) is 0.475. The first-order valence-corrected chi connectivity index (χ1v) is 8.73. The Morgan fingerprint density at radius 1 is 1.24 bits per heavy atom. The molecular weight excluding hydrogens is 340 g/mol. The number of benzene rings is 1. The third kappa shape index (κ3) is 1.54. The molecule has 1 heterocycles. The van der Waals surface area contributed by atoms with E-state index < -0.39 is 17.5 Å². The molecule has 3 aliphatic carbocycles. The normalized spacial score (nSPS) is 36.2. The number of allylic oxidation sites excluding steroid dienone is 2. The van der Waals surface area contributed by atoms with Crippen LogP contribution in [0.5, 0.6) is 0 Å². The Kier molecular flexibility index (Phi) is 2.78. The number of fused-ring (bicyclic) bond motifs is 1. The van der Waals surface area contributed by atoms with Crippen LogP contribution in [0.25, 0.3) is 0 Å². The van der Waals surface area contributed by atoms with Crippen LogP contribution in [0.2, 0.25) is 5.02 Å². The van der Waals surface area contributed by atoms with Crippen molar-refractivity contribution < 1.29 is 19.1 Å². The van der Waals surface area contributed by atoms with Crippen LogP contribution in [0.15, 0.2) is 59.7 Å². The lowest BCUT2D eigenvalue weighted by Crippen LogP contribution is -2.44. The van der Waals surface area contributed by atoms with Crippen LogP contribution < -0.4 is 0 Å². The molecule has 0 amide bonds. The zero-order valence-corrected chi connectivity index (χ0v) is 14.2. The summed E-state index contributed by atoms with van der Waals surface area (Å²) in [5.74, 6) is -0.732. The predicted octanol–water partition coefficient (Wildman–Crippen LogP) is 3.12. The molecule has 1 saturated carbocycles. The van der Waals surface area contributed by atoms with E-state index in [1.165, 1.54) is 0 Å². The Balaban J connectivity index is 1.72. The largest absolute Gasteiger partial charge is 0.462 e. The lowest BCUT2D eigenvalue weighted by atomic mass is 9.70. The van der Waals surface area contributed by atoms with Crippen molar-refractivity contribution in [3.8, 4) is 0 Å². The van der Waals surface area contributed by atoms with E-state index in [-0.39, 0.29) is 29.4 Å². The smallest absolute Gasteiger partial charge is 0.347 e. The van der Waals surface area contributed by atoms with Crippen molar-refractivity contribution in [2.24, 2.45) is 11.8 Å². The molecule has 1 aromatic rings. The summed E-state index contributed by atoms with van der Waals surface area (Å²) in [4.78, 5) is 24.9. The van der Waals surface area contributed by atoms with Crippen LogP contribution in [0.1, 0.15) is 12.5 Å². The van der Waals surface area contributed by atoms with E-state index in [1.807, 2.05) is 36.4 Å². The maximum atomic E-state index is 12.6. The Labute approximate surface area is 149 Å². The van der Waals surface area contributed by atoms with Crippen LogP contribution in [0.3, 0.4) is 0 Å². The fourth-order valence-corrected chi connectivity index (χ4v) is 5.09. The third-order valence-electron chi connectivity index (χ3n) is 5.88. The molecule has 5 heteroatoms. The summed E-state index contributed by atoms with van der Waals surface area (Å²) in [5, 5.41) is 0.660. The number of esters is 2. The number of ether oxygens (including phenoxy) is 2. The topological polar surface area (TPSA) is 52.6 Å². The number of hydrogen-bond donors (Lipinski definition) is 0. The first-order chi connectivity index (χ1) is 12.1. The fraction of sp³-hybridized carbons (Fsp3) is 0.300. The Bertz CT molecular complexity index is 910. The summed E-state index contributed by atoms with van der Waals surface area (Å²) in [7, 11) is 0. The van der Waals surface area contributed by atoms with Gasteiger partial charge in [-0.25, -0.2) is 9.59 Å². The maximum absolute atomic E-state index is 12.6. The minimum atomic E-state index is -0.926. The van der Waals surface area contributed by atoms with Gasteiger partial charge >= 0.3 is 11.9 Å². The Hall–Kier alpha value is -2.33. The number of hydrogen-bond acceptors (Lipinski definition) is 4. The molecule has 0 unspecified atom stereocenters. The highest BCUT2D eigenvalue weighted by molar-refractivity contribution is 6.30. The van der Waals surface area contributed by atoms with Crippen LogP contribution in [0, 0.1) is 11.8 Å². The highest BCUT2D eigenvalue weighted by Crippen LogP contribution is 2.76. The molecule has 126 valence electrons. The van der Waals surface area contributed by atoms with Crippen molar-refractivity contribution in [1.82, 2.24) is 0 Å². The molecule has 1 aliphatic heterocycles. The third-order valence-corrected chi connectivity index (χ3v) is 6.13. The summed E-state index contributed by atoms with van der Waals surface area (Å²) >= 11 is 6.04. The van der Waals surface area contributed by atoms with Crippen LogP contribution >= 0.6 is 11.6 Å². The van der Waals surface area contributed by atoms with Gasteiger partial charge in [-0.1, -0.05) is 42.0 Å². The second kappa shape index (κ2) is 4.64. The van der Waals surface area contributed by atoms with Crippen molar-refractivity contribution in [2.45, 2.75) is 17.9 Å². The average molecular weight is 355 g/mol. The average Bonchev–Trinajstić information content (AvgIpc) is 2.98. The zero-order valence-electron chi connectivity index (χ0n) is 13.5. The van der Waals surface area contributed by atoms with Crippen LogP contribution in [-0.4, -0.2) is 24.1 Å². The van der Waals surface area contributed by atoms with Gasteiger partial charge in [-0.2, -0.15) is 0 Å². The van der Waals surface area contributed by atoms with Crippen LogP contribution in [-0.2, 0) is 24.5 Å². The second-order valence-corrected chi connectivity index (χ2v) is 7.22. The standard InChI is InChI=1S/C20H15ClO4/c1-2-24-17(22)16-15-8-7-13-14-9-10-19(15,25-18(16)23)20(13,14)11-3-5-12(21)6-4-11/h3-10,13-14H,2H2,1H3/t13-,14+,19+,20-/m1/s1. The van der Waals surface area contributed by atoms with Gasteiger partial charge in [0.15, 0.2) is 11.2 Å². The van der Waals surface area contributed by atoms with Gasteiger partial charge in [0, 0.05) is 10.6 Å². The molecule has 0 N–H and O–H groups in total. The number of halogens is 1. The van der Waals surface area contributed by atoms with E-state index in [2.05, 4.69) is 12.2 Å². The van der Waals surface area contributed by atoms with Gasteiger partial charge in [-0.3, -0.25) is 0 Å². The Morgan fingerprint density at radius 2 is 1.96 bits per heavy atom. The summed E-state index contributed by atoms with van der Waals surface area (Å²) in [6, 6.07) is 7.66. The number of carbonyl (C=O) groups excluding carboxylic acids is 2. The SMILES string of the molecule is CCOC(=O)C1=C2C=C[C@@H]3[C@@H]4C=C[C@@]2(OC1=O)[C@]34c1ccc(Cl)cc1. The maximum Gasteiger partial charge on any atom is 0.347 e.